The summed E-state index contributed by atoms with van der Waals surface area (Å²) < 4.78 is 41.1. The molecule has 1 heterocycles. The predicted molar refractivity (Wildman–Crippen MR) is 59.9 cm³/mol. The Kier molecular flexibility index (Phi) is 3.68. The lowest BCUT2D eigenvalue weighted by Gasteiger charge is -2.09. The van der Waals surface area contributed by atoms with Crippen molar-refractivity contribution in [3.63, 3.8) is 0 Å². The molecule has 0 aliphatic carbocycles. The molecule has 2 aromatic rings. The Morgan fingerprint density at radius 2 is 1.95 bits per heavy atom. The lowest BCUT2D eigenvalue weighted by atomic mass is 10.1. The van der Waals surface area contributed by atoms with Crippen LogP contribution >= 0.6 is 0 Å². The molecule has 9 heteroatoms. The predicted octanol–water partition coefficient (Wildman–Crippen LogP) is 1.48. The van der Waals surface area contributed by atoms with Gasteiger partial charge in [0, 0.05) is 12.1 Å². The van der Waals surface area contributed by atoms with E-state index in [2.05, 4.69) is 15.5 Å². The van der Waals surface area contributed by atoms with E-state index in [1.54, 1.807) is 0 Å². The van der Waals surface area contributed by atoms with E-state index >= 15 is 0 Å². The zero-order valence-corrected chi connectivity index (χ0v) is 10.2. The third-order valence-electron chi connectivity index (χ3n) is 2.63. The number of hydrogen-bond acceptors (Lipinski definition) is 4. The van der Waals surface area contributed by atoms with E-state index < -0.39 is 34.9 Å². The molecule has 1 unspecified atom stereocenters. The average molecular weight is 286 g/mol. The number of carboxylic acid groups (broad SMARTS) is 1. The van der Waals surface area contributed by atoms with Gasteiger partial charge in [-0.2, -0.15) is 0 Å². The Morgan fingerprint density at radius 1 is 1.35 bits per heavy atom. The van der Waals surface area contributed by atoms with Gasteiger partial charge < -0.3 is 5.11 Å². The first-order valence-electron chi connectivity index (χ1n) is 5.54. The highest BCUT2D eigenvalue weighted by atomic mass is 19.1. The molecule has 6 nitrogen and oxygen atoms in total. The van der Waals surface area contributed by atoms with E-state index in [1.165, 1.54) is 6.92 Å². The maximum absolute atomic E-state index is 13.6. The first kappa shape index (κ1) is 14.0. The fourth-order valence-corrected chi connectivity index (χ4v) is 1.60. The van der Waals surface area contributed by atoms with Crippen LogP contribution in [0.3, 0.4) is 0 Å². The maximum Gasteiger partial charge on any atom is 0.308 e. The van der Waals surface area contributed by atoms with Gasteiger partial charge in [0.25, 0.3) is 0 Å². The summed E-state index contributed by atoms with van der Waals surface area (Å²) in [6.45, 7) is 1.22. The van der Waals surface area contributed by atoms with Gasteiger partial charge in [0.2, 0.25) is 0 Å². The second-order valence-corrected chi connectivity index (χ2v) is 4.17. The highest BCUT2D eigenvalue weighted by molar-refractivity contribution is 5.69. The van der Waals surface area contributed by atoms with E-state index in [-0.39, 0.29) is 12.4 Å². The van der Waals surface area contributed by atoms with Gasteiger partial charge in [0.1, 0.15) is 17.5 Å². The molecule has 20 heavy (non-hydrogen) atoms. The lowest BCUT2D eigenvalue weighted by molar-refractivity contribution is -0.141. The maximum atomic E-state index is 13.6. The van der Waals surface area contributed by atoms with Crippen molar-refractivity contribution in [2.24, 2.45) is 5.92 Å². The van der Waals surface area contributed by atoms with Gasteiger partial charge in [-0.25, -0.2) is 17.9 Å². The fraction of sp³-hybridized carbons (Fsp3) is 0.273. The molecule has 0 aliphatic rings. The number of nitrogens with zero attached hydrogens (tertiary/aromatic N) is 4. The Labute approximate surface area is 110 Å². The molecule has 0 aliphatic heterocycles. The molecule has 1 N–H and O–H groups in total. The van der Waals surface area contributed by atoms with Crippen LogP contribution < -0.4 is 0 Å². The van der Waals surface area contributed by atoms with E-state index in [4.69, 9.17) is 5.11 Å². The monoisotopic (exact) mass is 286 g/mol. The van der Waals surface area contributed by atoms with Crippen LogP contribution in [-0.2, 0) is 11.3 Å². The third-order valence-corrected chi connectivity index (χ3v) is 2.63. The Balaban J connectivity index is 2.45. The van der Waals surface area contributed by atoms with Gasteiger partial charge in [-0.05, 0) is 10.4 Å². The number of aromatic nitrogens is 4. The quantitative estimate of drug-likeness (QED) is 0.920. The Morgan fingerprint density at radius 3 is 2.50 bits per heavy atom. The van der Waals surface area contributed by atoms with Crippen LogP contribution in [0.5, 0.6) is 0 Å². The number of hydrogen-bond donors (Lipinski definition) is 1. The molecular weight excluding hydrogens is 277 g/mol. The van der Waals surface area contributed by atoms with Crippen molar-refractivity contribution in [1.82, 2.24) is 20.2 Å². The molecule has 1 aromatic heterocycles. The van der Waals surface area contributed by atoms with Crippen LogP contribution in [0.15, 0.2) is 12.1 Å². The third kappa shape index (κ3) is 2.60. The molecule has 0 bridgehead atoms. The molecule has 0 amide bonds. The van der Waals surface area contributed by atoms with E-state index in [0.717, 1.165) is 4.68 Å². The van der Waals surface area contributed by atoms with Crippen LogP contribution in [0.2, 0.25) is 0 Å². The van der Waals surface area contributed by atoms with Crippen LogP contribution in [-0.4, -0.2) is 31.3 Å². The summed E-state index contributed by atoms with van der Waals surface area (Å²) >= 11 is 0. The minimum Gasteiger partial charge on any atom is -0.481 e. The molecule has 0 spiro atoms. The van der Waals surface area contributed by atoms with Crippen molar-refractivity contribution in [3.05, 3.63) is 29.6 Å². The molecule has 0 saturated heterocycles. The minimum absolute atomic E-state index is 0.173. The highest BCUT2D eigenvalue weighted by Gasteiger charge is 2.22. The van der Waals surface area contributed by atoms with E-state index in [0.29, 0.717) is 12.1 Å². The average Bonchev–Trinajstić information content (AvgIpc) is 2.75. The number of tetrazole rings is 1. The molecule has 2 rings (SSSR count). The summed E-state index contributed by atoms with van der Waals surface area (Å²) in [4.78, 5) is 10.8. The zero-order valence-electron chi connectivity index (χ0n) is 10.2. The first-order valence-corrected chi connectivity index (χ1v) is 5.54. The first-order chi connectivity index (χ1) is 9.40. The number of rotatable bonds is 4. The second kappa shape index (κ2) is 5.27. The van der Waals surface area contributed by atoms with Crippen LogP contribution in [0, 0.1) is 23.4 Å². The molecule has 1 aromatic carbocycles. The van der Waals surface area contributed by atoms with Crippen LogP contribution in [0.25, 0.3) is 11.4 Å². The van der Waals surface area contributed by atoms with Crippen molar-refractivity contribution in [2.45, 2.75) is 13.5 Å². The van der Waals surface area contributed by atoms with Crippen molar-refractivity contribution in [3.8, 4) is 11.4 Å². The molecule has 1 atom stereocenters. The van der Waals surface area contributed by atoms with Crippen molar-refractivity contribution >= 4 is 5.97 Å². The summed E-state index contributed by atoms with van der Waals surface area (Å²) in [6, 6.07) is 0.996. The van der Waals surface area contributed by atoms with Crippen molar-refractivity contribution in [2.75, 3.05) is 0 Å². The second-order valence-electron chi connectivity index (χ2n) is 4.17. The topological polar surface area (TPSA) is 80.9 Å². The van der Waals surface area contributed by atoms with Gasteiger partial charge >= 0.3 is 5.97 Å². The zero-order chi connectivity index (χ0) is 14.9. The van der Waals surface area contributed by atoms with Gasteiger partial charge in [0.15, 0.2) is 5.82 Å². The van der Waals surface area contributed by atoms with E-state index in [9.17, 15) is 18.0 Å². The summed E-state index contributed by atoms with van der Waals surface area (Å²) in [7, 11) is 0. The summed E-state index contributed by atoms with van der Waals surface area (Å²) in [5.74, 6) is -5.66. The summed E-state index contributed by atoms with van der Waals surface area (Å²) in [5, 5.41) is 19.0. The standard InChI is InChI=1S/C11H9F3N4O2/c1-5(11(19)20)4-18-10(15-16-17-18)9-7(13)2-6(12)3-8(9)14/h2-3,5H,4H2,1H3,(H,19,20). The van der Waals surface area contributed by atoms with Crippen LogP contribution in [0.4, 0.5) is 13.2 Å². The summed E-state index contributed by atoms with van der Waals surface area (Å²) in [6.07, 6.45) is 0. The molecule has 0 fully saturated rings. The van der Waals surface area contributed by atoms with Gasteiger partial charge in [-0.15, -0.1) is 5.10 Å². The number of carbonyl (C=O) groups is 1. The molecular formula is C11H9F3N4O2. The van der Waals surface area contributed by atoms with Gasteiger partial charge in [-0.1, -0.05) is 6.92 Å². The molecule has 106 valence electrons. The Hall–Kier alpha value is -2.45. The van der Waals surface area contributed by atoms with Crippen molar-refractivity contribution < 1.29 is 23.1 Å². The number of halogens is 3. The Bertz CT molecular complexity index is 636. The van der Waals surface area contributed by atoms with E-state index in [1.807, 2.05) is 0 Å². The SMILES string of the molecule is CC(Cn1nnnc1-c1c(F)cc(F)cc1F)C(=O)O. The van der Waals surface area contributed by atoms with Gasteiger partial charge in [0.05, 0.1) is 18.0 Å². The fourth-order valence-electron chi connectivity index (χ4n) is 1.60. The largest absolute Gasteiger partial charge is 0.481 e. The molecule has 0 saturated carbocycles. The highest BCUT2D eigenvalue weighted by Crippen LogP contribution is 2.25. The van der Waals surface area contributed by atoms with Crippen molar-refractivity contribution in [1.29, 1.82) is 0 Å². The summed E-state index contributed by atoms with van der Waals surface area (Å²) in [5.41, 5.74) is -0.603. The lowest BCUT2D eigenvalue weighted by Crippen LogP contribution is -2.18. The number of aliphatic carboxylic acids is 1. The van der Waals surface area contributed by atoms with Gasteiger partial charge in [-0.3, -0.25) is 4.79 Å². The number of benzene rings is 1. The normalized spacial score (nSPS) is 12.4. The van der Waals surface area contributed by atoms with Crippen LogP contribution in [0.1, 0.15) is 6.92 Å². The number of carboxylic acids is 1. The molecule has 0 radical (unpaired) electrons. The smallest absolute Gasteiger partial charge is 0.308 e. The minimum atomic E-state index is -1.17.